The van der Waals surface area contributed by atoms with Gasteiger partial charge >= 0.3 is 6.03 Å². The fourth-order valence-corrected chi connectivity index (χ4v) is 17.2. The number of urea groups is 1. The molecule has 714 valence electrons. The lowest BCUT2D eigenvalue weighted by Crippen LogP contribution is -2.33. The molecule has 5 aliphatic heterocycles. The van der Waals surface area contributed by atoms with Crippen LogP contribution in [0.5, 0.6) is 0 Å². The highest BCUT2D eigenvalue weighted by atomic mass is 35.5. The van der Waals surface area contributed by atoms with Crippen LogP contribution in [-0.2, 0) is 32.1 Å². The van der Waals surface area contributed by atoms with Crippen LogP contribution in [0.3, 0.4) is 0 Å². The highest BCUT2D eigenvalue weighted by Crippen LogP contribution is 2.38. The van der Waals surface area contributed by atoms with Gasteiger partial charge in [0, 0.05) is 96.6 Å². The number of carbonyl (C=O) groups excluding carboxylic acids is 5. The number of aryl methyl sites for hydroxylation is 5. The van der Waals surface area contributed by atoms with Gasteiger partial charge in [-0.1, -0.05) is 373 Å². The Morgan fingerprint density at radius 3 is 0.806 bits per heavy atom. The number of amidine groups is 5. The van der Waals surface area contributed by atoms with Gasteiger partial charge in [0.05, 0.1) is 34.0 Å². The maximum absolute atomic E-state index is 13.9. The van der Waals surface area contributed by atoms with E-state index >= 15 is 0 Å². The van der Waals surface area contributed by atoms with Crippen LogP contribution in [-0.4, -0.2) is 58.8 Å². The highest BCUT2D eigenvalue weighted by Gasteiger charge is 2.29. The molecule has 0 saturated heterocycles. The SMILES string of the molecule is Cc1ccc(C(=O)NC2=NC(Cc3ccccc3)=C(c3ccc(Cl)cc3)C2)cc1.Cc1ccc(C2=C(Cc3ccccc3)N=C(NC(=O)Nc3ccccc3)C2)cc1.Cc1ccc(C2=C(Cc3ccccc3)N=C(NC(=O)c3cccc(C)c3)C2)cc1.Cc1ccc(C2=C(Cc3ccccc3)N=C(NC(=O)c3ccccc3)C2)cc1.O=C(NC1=NC(Cc2ccccc2)=C(c2ccc(Cl)cc2)C1)c1ccccc1F. The minimum Gasteiger partial charge on any atom is -0.310 e. The number of carbonyl (C=O) groups is 5. The molecule has 0 spiro atoms. The molecule has 20 rings (SSSR count). The minimum atomic E-state index is -0.556. The predicted molar refractivity (Wildman–Crippen MR) is 586 cm³/mol. The highest BCUT2D eigenvalue weighted by molar-refractivity contribution is 6.31. The number of nitrogens with zero attached hydrogens (tertiary/aromatic N) is 5. The fourth-order valence-electron chi connectivity index (χ4n) is 17.0. The Morgan fingerprint density at radius 1 is 0.243 bits per heavy atom. The number of rotatable bonds is 20. The summed E-state index contributed by atoms with van der Waals surface area (Å²) in [5.41, 5.74) is 30.5. The zero-order valence-corrected chi connectivity index (χ0v) is 82.2. The summed E-state index contributed by atoms with van der Waals surface area (Å²) >= 11 is 12.1. The number of hydrogen-bond donors (Lipinski definition) is 6. The lowest BCUT2D eigenvalue weighted by Gasteiger charge is -2.08. The van der Waals surface area contributed by atoms with Gasteiger partial charge in [-0.3, -0.25) is 24.5 Å². The molecule has 0 radical (unpaired) electrons. The summed E-state index contributed by atoms with van der Waals surface area (Å²) in [7, 11) is 0. The molecule has 19 heteroatoms. The van der Waals surface area contributed by atoms with Crippen molar-refractivity contribution in [1.82, 2.24) is 26.6 Å². The number of para-hydroxylation sites is 1. The van der Waals surface area contributed by atoms with Crippen molar-refractivity contribution in [2.24, 2.45) is 25.0 Å². The van der Waals surface area contributed by atoms with E-state index in [9.17, 15) is 28.4 Å². The molecule has 0 bridgehead atoms. The van der Waals surface area contributed by atoms with Crippen molar-refractivity contribution in [1.29, 1.82) is 0 Å². The van der Waals surface area contributed by atoms with Gasteiger partial charge in [-0.2, -0.15) is 0 Å². The molecule has 6 amide bonds. The zero-order valence-electron chi connectivity index (χ0n) is 80.7. The Morgan fingerprint density at radius 2 is 0.493 bits per heavy atom. The van der Waals surface area contributed by atoms with E-state index in [4.69, 9.17) is 43.2 Å². The molecule has 0 atom stereocenters. The van der Waals surface area contributed by atoms with Crippen LogP contribution >= 0.6 is 23.2 Å². The molecule has 15 aromatic rings. The van der Waals surface area contributed by atoms with Crippen molar-refractivity contribution in [3.05, 3.63) is 556 Å². The zero-order chi connectivity index (χ0) is 100. The summed E-state index contributed by atoms with van der Waals surface area (Å²) in [6, 6.07) is 131. The fraction of sp³-hybridized carbons (Fsp3) is 0.120. The van der Waals surface area contributed by atoms with E-state index in [0.717, 1.165) is 115 Å². The molecular formula is C125H108Cl2FN11O5. The van der Waals surface area contributed by atoms with Crippen molar-refractivity contribution in [3.63, 3.8) is 0 Å². The molecule has 0 aliphatic carbocycles. The maximum Gasteiger partial charge on any atom is 0.324 e. The molecule has 0 unspecified atom stereocenters. The van der Waals surface area contributed by atoms with Gasteiger partial charge < -0.3 is 26.6 Å². The summed E-state index contributed by atoms with van der Waals surface area (Å²) < 4.78 is 13.9. The summed E-state index contributed by atoms with van der Waals surface area (Å²) in [4.78, 5) is 86.6. The van der Waals surface area contributed by atoms with Gasteiger partial charge in [0.1, 0.15) is 35.0 Å². The van der Waals surface area contributed by atoms with Gasteiger partial charge in [0.2, 0.25) is 0 Å². The first kappa shape index (κ1) is 100. The van der Waals surface area contributed by atoms with Crippen molar-refractivity contribution in [2.45, 2.75) is 98.8 Å². The number of aliphatic imine (C=N–C) groups is 5. The second-order valence-corrected chi connectivity index (χ2v) is 36.4. The molecule has 16 nitrogen and oxygen atoms in total. The Bertz CT molecular complexity index is 7440. The third kappa shape index (κ3) is 28.4. The summed E-state index contributed by atoms with van der Waals surface area (Å²) in [6.07, 6.45) is 6.48. The Hall–Kier alpha value is -17.0. The first-order valence-corrected chi connectivity index (χ1v) is 48.6. The molecule has 0 saturated carbocycles. The number of allylic oxidation sites excluding steroid dienone is 5. The van der Waals surface area contributed by atoms with Gasteiger partial charge in [0.15, 0.2) is 0 Å². The average Bonchev–Trinajstić information content (AvgIpc) is 1.68. The van der Waals surface area contributed by atoms with Crippen molar-refractivity contribution in [2.75, 3.05) is 5.32 Å². The van der Waals surface area contributed by atoms with Gasteiger partial charge in [-0.15, -0.1) is 0 Å². The Balaban J connectivity index is 0.000000129. The van der Waals surface area contributed by atoms with Crippen LogP contribution < -0.4 is 31.9 Å². The third-order valence-electron chi connectivity index (χ3n) is 24.5. The van der Waals surface area contributed by atoms with Gasteiger partial charge in [-0.25, -0.2) is 34.1 Å². The van der Waals surface area contributed by atoms with Gasteiger partial charge in [-0.05, 0) is 203 Å². The topological polar surface area (TPSA) is 219 Å². The monoisotopic (exact) mass is 1930 g/mol. The van der Waals surface area contributed by atoms with E-state index in [1.165, 1.54) is 62.2 Å². The van der Waals surface area contributed by atoms with E-state index in [0.29, 0.717) is 101 Å². The number of halogens is 3. The maximum atomic E-state index is 13.9. The molecule has 15 aromatic carbocycles. The lowest BCUT2D eigenvalue weighted by atomic mass is 9.98. The average molecular weight is 1930 g/mol. The molecule has 5 heterocycles. The number of amides is 6. The molecule has 0 fully saturated rings. The van der Waals surface area contributed by atoms with E-state index < -0.39 is 11.7 Å². The molecule has 6 N–H and O–H groups in total. The lowest BCUT2D eigenvalue weighted by molar-refractivity contribution is 0.0965. The van der Waals surface area contributed by atoms with E-state index in [1.807, 2.05) is 275 Å². The normalized spacial score (nSPS) is 13.3. The summed E-state index contributed by atoms with van der Waals surface area (Å²) in [5.74, 6) is 1.83. The van der Waals surface area contributed by atoms with Crippen LogP contribution in [0.4, 0.5) is 14.9 Å². The van der Waals surface area contributed by atoms with E-state index in [-0.39, 0.29) is 29.3 Å². The minimum absolute atomic E-state index is 0.000229. The van der Waals surface area contributed by atoms with Crippen LogP contribution in [0, 0.1) is 40.4 Å². The first-order chi connectivity index (χ1) is 70.1. The quantitative estimate of drug-likeness (QED) is 0.0437. The molecule has 144 heavy (non-hydrogen) atoms. The number of benzene rings is 15. The van der Waals surface area contributed by atoms with Crippen molar-refractivity contribution >= 4 is 116 Å². The third-order valence-corrected chi connectivity index (χ3v) is 25.0. The standard InChI is InChI=1S/C26H24N2O.C25H21ClN2O.C25H23N3O.C25H22N2O.C24H18ClFN2O/c1-18-11-13-21(14-12-18)23-17-25(27-24(23)16-20-8-4-3-5-9-20)28-26(29)22-10-6-7-19(2)15-22;1-17-7-9-20(10-8-17)25(29)28-24-16-22(19-11-13-21(26)14-12-19)23(27-24)15-18-5-3-2-4-6-18;1-18-12-14-20(15-13-18)22-17-24(27-23(22)16-19-8-4-2-5-9-19)28-25(29)26-21-10-6-3-7-11-21;1-18-12-14-20(15-13-18)22-17-24(27-25(28)21-10-6-3-7-11-21)26-23(22)16-19-8-4-2-5-9-19;25-18-12-10-17(11-13-18)20-15-23(27-22(20)14-16-6-2-1-3-7-16)28-24(29)19-8-4-5-9-21(19)26/h3-15H,16-17H2,1-2H3,(H,27,28,29);2-14H,15-16H2,1H3,(H,27,28,29);2-15H,16-17H2,1H3,(H2,26,27,28,29);2-15H,16-17H2,1H3,(H,26,27,28);1-13H,14-15H2,(H,27,28,29). The number of hydrogen-bond acceptors (Lipinski definition) is 10. The summed E-state index contributed by atoms with van der Waals surface area (Å²) in [5, 5.41) is 18.9. The predicted octanol–water partition coefficient (Wildman–Crippen LogP) is 27.7. The molecule has 0 aromatic heterocycles. The first-order valence-electron chi connectivity index (χ1n) is 47.8. The number of nitrogens with one attached hydrogen (secondary N) is 6. The van der Waals surface area contributed by atoms with Gasteiger partial charge in [0.25, 0.3) is 23.6 Å². The largest absolute Gasteiger partial charge is 0.324 e. The van der Waals surface area contributed by atoms with E-state index in [2.05, 4.69) is 179 Å². The molecular weight excluding hydrogens is 1830 g/mol. The van der Waals surface area contributed by atoms with Crippen molar-refractivity contribution < 1.29 is 28.4 Å². The molecule has 5 aliphatic rings. The number of anilines is 1. The van der Waals surface area contributed by atoms with Crippen LogP contribution in [0.2, 0.25) is 10.0 Å². The van der Waals surface area contributed by atoms with Crippen LogP contribution in [0.25, 0.3) is 27.9 Å². The summed E-state index contributed by atoms with van der Waals surface area (Å²) in [6.45, 7) is 10.2. The second kappa shape index (κ2) is 49.2. The van der Waals surface area contributed by atoms with Crippen molar-refractivity contribution in [3.8, 4) is 0 Å². The second-order valence-electron chi connectivity index (χ2n) is 35.6. The Kier molecular flexibility index (Phi) is 34.2. The van der Waals surface area contributed by atoms with Crippen LogP contribution in [0.1, 0.15) is 157 Å². The van der Waals surface area contributed by atoms with Crippen LogP contribution in [0.15, 0.2) is 460 Å². The van der Waals surface area contributed by atoms with E-state index in [1.54, 1.807) is 12.1 Å². The smallest absolute Gasteiger partial charge is 0.310 e. The Labute approximate surface area is 850 Å².